The van der Waals surface area contributed by atoms with Crippen LogP contribution in [0.25, 0.3) is 0 Å². The molecule has 0 aromatic heterocycles. The van der Waals surface area contributed by atoms with E-state index in [9.17, 15) is 9.90 Å². The maximum atomic E-state index is 12.7. The zero-order chi connectivity index (χ0) is 16.4. The number of nitrogens with zero attached hydrogens (tertiary/aromatic N) is 2. The summed E-state index contributed by atoms with van der Waals surface area (Å²) in [6, 6.07) is 7.86. The predicted molar refractivity (Wildman–Crippen MR) is 91.4 cm³/mol. The monoisotopic (exact) mass is 336 g/mol. The summed E-state index contributed by atoms with van der Waals surface area (Å²) < 4.78 is 0. The molecule has 0 aliphatic carbocycles. The van der Waals surface area contributed by atoms with Crippen LogP contribution in [0.3, 0.4) is 0 Å². The van der Waals surface area contributed by atoms with Gasteiger partial charge in [0.25, 0.3) is 0 Å². The molecule has 2 aliphatic rings. The molecule has 126 valence electrons. The number of rotatable bonds is 4. The molecule has 2 saturated heterocycles. The second kappa shape index (κ2) is 7.20. The van der Waals surface area contributed by atoms with E-state index < -0.39 is 6.10 Å². The van der Waals surface area contributed by atoms with Crippen LogP contribution in [0, 0.1) is 0 Å². The maximum Gasteiger partial charge on any atom is 0.225 e. The summed E-state index contributed by atoms with van der Waals surface area (Å²) in [6.07, 6.45) is 3.92. The number of amides is 1. The fourth-order valence-corrected chi connectivity index (χ4v) is 4.14. The lowest BCUT2D eigenvalue weighted by Gasteiger charge is -2.33. The lowest BCUT2D eigenvalue weighted by molar-refractivity contribution is -0.135. The van der Waals surface area contributed by atoms with Crippen LogP contribution in [-0.2, 0) is 4.79 Å². The first kappa shape index (κ1) is 16.7. The minimum Gasteiger partial charge on any atom is -0.388 e. The van der Waals surface area contributed by atoms with Gasteiger partial charge in [-0.25, -0.2) is 0 Å². The van der Waals surface area contributed by atoms with Crippen LogP contribution in [0.2, 0.25) is 5.02 Å². The highest BCUT2D eigenvalue weighted by Gasteiger charge is 2.38. The van der Waals surface area contributed by atoms with Gasteiger partial charge in [0.05, 0.1) is 12.5 Å². The average Bonchev–Trinajstić information content (AvgIpc) is 3.15. The second-order valence-corrected chi connectivity index (χ2v) is 7.19. The Morgan fingerprint density at radius 1 is 1.22 bits per heavy atom. The van der Waals surface area contributed by atoms with E-state index in [4.69, 9.17) is 11.6 Å². The number of likely N-dealkylation sites (N-methyl/N-ethyl adjacent to an activating group) is 1. The first-order chi connectivity index (χ1) is 11.1. The molecule has 0 saturated carbocycles. The minimum atomic E-state index is -0.762. The third-order valence-electron chi connectivity index (χ3n) is 5.26. The van der Waals surface area contributed by atoms with Crippen molar-refractivity contribution >= 4 is 17.5 Å². The molecule has 2 aliphatic heterocycles. The van der Waals surface area contributed by atoms with Crippen LogP contribution in [-0.4, -0.2) is 53.0 Å². The molecule has 0 bridgehead atoms. The molecule has 3 unspecified atom stereocenters. The SMILES string of the molecule is CN1CCCC1C1CCCN1C(=O)CC(O)c1ccc(Cl)cc1. The Bertz CT molecular complexity index is 548. The van der Waals surface area contributed by atoms with Gasteiger partial charge in [-0.1, -0.05) is 23.7 Å². The van der Waals surface area contributed by atoms with Crippen LogP contribution < -0.4 is 0 Å². The van der Waals surface area contributed by atoms with Gasteiger partial charge in [0.15, 0.2) is 0 Å². The lowest BCUT2D eigenvalue weighted by atomic mass is 10.0. The Labute approximate surface area is 143 Å². The van der Waals surface area contributed by atoms with Gasteiger partial charge in [0.1, 0.15) is 0 Å². The number of halogens is 1. The molecule has 0 spiro atoms. The first-order valence-electron chi connectivity index (χ1n) is 8.49. The van der Waals surface area contributed by atoms with Crippen LogP contribution in [0.5, 0.6) is 0 Å². The number of aliphatic hydroxyl groups is 1. The molecule has 5 heteroatoms. The van der Waals surface area contributed by atoms with Gasteiger partial charge in [0.2, 0.25) is 5.91 Å². The molecule has 1 N–H and O–H groups in total. The number of aliphatic hydroxyl groups excluding tert-OH is 1. The quantitative estimate of drug-likeness (QED) is 0.919. The third kappa shape index (κ3) is 3.70. The van der Waals surface area contributed by atoms with Crippen LogP contribution in [0.15, 0.2) is 24.3 Å². The van der Waals surface area contributed by atoms with E-state index in [2.05, 4.69) is 11.9 Å². The predicted octanol–water partition coefficient (Wildman–Crippen LogP) is 2.85. The largest absolute Gasteiger partial charge is 0.388 e. The first-order valence-corrected chi connectivity index (χ1v) is 8.87. The molecule has 3 atom stereocenters. The van der Waals surface area contributed by atoms with Crippen molar-refractivity contribution in [3.63, 3.8) is 0 Å². The molecule has 1 aromatic carbocycles. The van der Waals surface area contributed by atoms with Crippen molar-refractivity contribution in [1.29, 1.82) is 0 Å². The van der Waals surface area contributed by atoms with Crippen molar-refractivity contribution < 1.29 is 9.90 Å². The highest BCUT2D eigenvalue weighted by molar-refractivity contribution is 6.30. The summed E-state index contributed by atoms with van der Waals surface area (Å²) in [5.41, 5.74) is 0.747. The van der Waals surface area contributed by atoms with Crippen molar-refractivity contribution in [3.05, 3.63) is 34.9 Å². The highest BCUT2D eigenvalue weighted by atomic mass is 35.5. The smallest absolute Gasteiger partial charge is 0.225 e. The summed E-state index contributed by atoms with van der Waals surface area (Å²) in [4.78, 5) is 17.1. The van der Waals surface area contributed by atoms with Gasteiger partial charge in [-0.05, 0) is 57.0 Å². The van der Waals surface area contributed by atoms with Crippen molar-refractivity contribution in [2.24, 2.45) is 0 Å². The second-order valence-electron chi connectivity index (χ2n) is 6.76. The zero-order valence-corrected chi connectivity index (χ0v) is 14.4. The lowest BCUT2D eigenvalue weighted by Crippen LogP contribution is -2.47. The summed E-state index contributed by atoms with van der Waals surface area (Å²) >= 11 is 5.87. The molecule has 0 radical (unpaired) electrons. The van der Waals surface area contributed by atoms with Crippen molar-refractivity contribution in [2.75, 3.05) is 20.1 Å². The van der Waals surface area contributed by atoms with Crippen LogP contribution in [0.1, 0.15) is 43.8 Å². The van der Waals surface area contributed by atoms with Crippen LogP contribution in [0.4, 0.5) is 0 Å². The van der Waals surface area contributed by atoms with E-state index in [0.717, 1.165) is 31.5 Å². The van der Waals surface area contributed by atoms with E-state index in [0.29, 0.717) is 17.1 Å². The Balaban J connectivity index is 1.63. The average molecular weight is 337 g/mol. The Kier molecular flexibility index (Phi) is 5.24. The third-order valence-corrected chi connectivity index (χ3v) is 5.52. The summed E-state index contributed by atoms with van der Waals surface area (Å²) in [7, 11) is 2.15. The number of carbonyl (C=O) groups is 1. The molecule has 2 fully saturated rings. The van der Waals surface area contributed by atoms with Crippen molar-refractivity contribution in [2.45, 2.75) is 50.3 Å². The molecule has 2 heterocycles. The summed E-state index contributed by atoms with van der Waals surface area (Å²) in [6.45, 7) is 1.94. The van der Waals surface area contributed by atoms with Gasteiger partial charge in [-0.15, -0.1) is 0 Å². The van der Waals surface area contributed by atoms with Crippen molar-refractivity contribution in [1.82, 2.24) is 9.80 Å². The van der Waals surface area contributed by atoms with E-state index in [1.807, 2.05) is 4.90 Å². The van der Waals surface area contributed by atoms with E-state index >= 15 is 0 Å². The van der Waals surface area contributed by atoms with Gasteiger partial charge >= 0.3 is 0 Å². The number of benzene rings is 1. The fraction of sp³-hybridized carbons (Fsp3) is 0.611. The number of carbonyl (C=O) groups excluding carboxylic acids is 1. The van der Waals surface area contributed by atoms with Gasteiger partial charge < -0.3 is 14.9 Å². The molecule has 1 amide bonds. The van der Waals surface area contributed by atoms with E-state index in [-0.39, 0.29) is 12.3 Å². The topological polar surface area (TPSA) is 43.8 Å². The number of hydrogen-bond donors (Lipinski definition) is 1. The normalized spacial score (nSPS) is 26.7. The Morgan fingerprint density at radius 3 is 2.52 bits per heavy atom. The molecule has 3 rings (SSSR count). The number of hydrogen-bond acceptors (Lipinski definition) is 3. The molecule has 1 aromatic rings. The highest BCUT2D eigenvalue weighted by Crippen LogP contribution is 2.30. The van der Waals surface area contributed by atoms with Gasteiger partial charge in [-0.3, -0.25) is 4.79 Å². The summed E-state index contributed by atoms with van der Waals surface area (Å²) in [5, 5.41) is 11.0. The molecule has 4 nitrogen and oxygen atoms in total. The van der Waals surface area contributed by atoms with Gasteiger partial charge in [0, 0.05) is 23.7 Å². The van der Waals surface area contributed by atoms with E-state index in [1.54, 1.807) is 24.3 Å². The summed E-state index contributed by atoms with van der Waals surface area (Å²) in [5.74, 6) is 0.0650. The number of likely N-dealkylation sites (tertiary alicyclic amines) is 2. The van der Waals surface area contributed by atoms with Gasteiger partial charge in [-0.2, -0.15) is 0 Å². The fourth-order valence-electron chi connectivity index (χ4n) is 4.01. The Morgan fingerprint density at radius 2 is 1.87 bits per heavy atom. The molecular formula is C18H25ClN2O2. The Hall–Kier alpha value is -1.10. The maximum absolute atomic E-state index is 12.7. The van der Waals surface area contributed by atoms with Crippen LogP contribution >= 0.6 is 11.6 Å². The van der Waals surface area contributed by atoms with E-state index in [1.165, 1.54) is 12.8 Å². The standard InChI is InChI=1S/C18H25ClN2O2/c1-20-10-2-4-15(20)16-5-3-11-21(16)18(23)12-17(22)13-6-8-14(19)9-7-13/h6-9,15-17,22H,2-5,10-12H2,1H3. The zero-order valence-electron chi connectivity index (χ0n) is 13.6. The molecule has 23 heavy (non-hydrogen) atoms. The van der Waals surface area contributed by atoms with Crippen molar-refractivity contribution in [3.8, 4) is 0 Å². The minimum absolute atomic E-state index is 0.0650. The molecular weight excluding hydrogens is 312 g/mol.